The lowest BCUT2D eigenvalue weighted by Crippen LogP contribution is -1.87. The van der Waals surface area contributed by atoms with Crippen molar-refractivity contribution < 1.29 is 13.2 Å². The number of nitrogens with zero attached hydrogens (tertiary/aromatic N) is 2. The molecule has 74 valence electrons. The number of halogens is 4. The fourth-order valence-corrected chi connectivity index (χ4v) is 1.69. The first-order valence-corrected chi connectivity index (χ1v) is 4.50. The van der Waals surface area contributed by atoms with E-state index in [9.17, 15) is 13.2 Å². The number of rotatable bonds is 1. The summed E-state index contributed by atoms with van der Waals surface area (Å²) < 4.78 is 38.8. The van der Waals surface area contributed by atoms with E-state index in [1.54, 1.807) is 0 Å². The molecule has 6 heteroatoms. The summed E-state index contributed by atoms with van der Waals surface area (Å²) in [5.41, 5.74) is -0.0934. The molecule has 0 atom stereocenters. The van der Waals surface area contributed by atoms with Gasteiger partial charge < -0.3 is 0 Å². The maximum absolute atomic E-state index is 12.8. The Bertz CT molecular complexity index is 481. The number of hydrogen-bond donors (Lipinski definition) is 0. The molecule has 0 aliphatic heterocycles. The quantitative estimate of drug-likeness (QED) is 0.774. The van der Waals surface area contributed by atoms with Gasteiger partial charge in [0.05, 0.1) is 0 Å². The molecule has 0 spiro atoms. The number of fused-ring (bicyclic) bond motifs is 1. The van der Waals surface area contributed by atoms with Gasteiger partial charge in [-0.05, 0) is 28.1 Å². The van der Waals surface area contributed by atoms with E-state index in [1.807, 2.05) is 0 Å². The van der Waals surface area contributed by atoms with Crippen LogP contribution in [0.2, 0.25) is 0 Å². The molecule has 0 aliphatic carbocycles. The van der Waals surface area contributed by atoms with Crippen LogP contribution in [0.4, 0.5) is 13.2 Å². The Balaban J connectivity index is 2.74. The molecule has 0 N–H and O–H groups in total. The molecule has 0 aromatic carbocycles. The fourth-order valence-electron chi connectivity index (χ4n) is 1.15. The van der Waals surface area contributed by atoms with E-state index in [2.05, 4.69) is 20.9 Å². The van der Waals surface area contributed by atoms with Gasteiger partial charge in [-0.2, -0.15) is 0 Å². The summed E-state index contributed by atoms with van der Waals surface area (Å²) in [5.74, 6) is -0.503. The number of pyridine rings is 1. The van der Waals surface area contributed by atoms with E-state index in [-0.39, 0.29) is 15.9 Å². The Morgan fingerprint density at radius 2 is 2.07 bits per heavy atom. The first kappa shape index (κ1) is 9.51. The molecule has 0 amide bonds. The van der Waals surface area contributed by atoms with Crippen molar-refractivity contribution in [3.63, 3.8) is 0 Å². The predicted molar refractivity (Wildman–Crippen MR) is 47.8 cm³/mol. The largest absolute Gasteiger partial charge is 0.291 e. The zero-order chi connectivity index (χ0) is 10.3. The van der Waals surface area contributed by atoms with Gasteiger partial charge in [-0.1, -0.05) is 0 Å². The maximum atomic E-state index is 12.8. The summed E-state index contributed by atoms with van der Waals surface area (Å²) in [4.78, 5) is 3.65. The van der Waals surface area contributed by atoms with Crippen LogP contribution in [-0.2, 0) is 0 Å². The summed E-state index contributed by atoms with van der Waals surface area (Å²) >= 11 is 2.94. The average molecular weight is 265 g/mol. The molecule has 0 saturated heterocycles. The lowest BCUT2D eigenvalue weighted by Gasteiger charge is -1.95. The van der Waals surface area contributed by atoms with Crippen LogP contribution in [0.1, 0.15) is 12.1 Å². The molecule has 2 aromatic heterocycles. The number of imidazole rings is 1. The standard InChI is InChI=1S/C8H4BrF3N2/c9-7-6(8(11)12)13-5-2-1-4(10)3-14(5)7/h1-3,8H. The Morgan fingerprint density at radius 1 is 1.36 bits per heavy atom. The predicted octanol–water partition coefficient (Wildman–Crippen LogP) is 3.17. The Kier molecular flexibility index (Phi) is 2.22. The van der Waals surface area contributed by atoms with E-state index in [0.717, 1.165) is 6.20 Å². The van der Waals surface area contributed by atoms with Gasteiger partial charge in [-0.15, -0.1) is 0 Å². The van der Waals surface area contributed by atoms with Crippen LogP contribution in [0, 0.1) is 5.82 Å². The fraction of sp³-hybridized carbons (Fsp3) is 0.125. The number of aromatic nitrogens is 2. The zero-order valence-electron chi connectivity index (χ0n) is 6.72. The minimum Gasteiger partial charge on any atom is -0.291 e. The highest BCUT2D eigenvalue weighted by atomic mass is 79.9. The van der Waals surface area contributed by atoms with Gasteiger partial charge in [0, 0.05) is 6.20 Å². The second-order valence-electron chi connectivity index (χ2n) is 2.66. The van der Waals surface area contributed by atoms with Gasteiger partial charge in [-0.3, -0.25) is 4.40 Å². The van der Waals surface area contributed by atoms with E-state index in [1.165, 1.54) is 16.5 Å². The molecule has 0 unspecified atom stereocenters. The third-order valence-electron chi connectivity index (χ3n) is 1.76. The summed E-state index contributed by atoms with van der Waals surface area (Å²) in [6.45, 7) is 0. The highest BCUT2D eigenvalue weighted by molar-refractivity contribution is 9.10. The average Bonchev–Trinajstić information content (AvgIpc) is 2.44. The van der Waals surface area contributed by atoms with Crippen LogP contribution in [0.25, 0.3) is 5.65 Å². The lowest BCUT2D eigenvalue weighted by molar-refractivity contribution is 0.146. The van der Waals surface area contributed by atoms with Crippen LogP contribution in [-0.4, -0.2) is 9.38 Å². The van der Waals surface area contributed by atoms with Gasteiger partial charge in [0.25, 0.3) is 6.43 Å². The van der Waals surface area contributed by atoms with Crippen molar-refractivity contribution in [2.75, 3.05) is 0 Å². The zero-order valence-corrected chi connectivity index (χ0v) is 8.30. The molecular weight excluding hydrogens is 261 g/mol. The molecule has 0 fully saturated rings. The Morgan fingerprint density at radius 3 is 2.71 bits per heavy atom. The summed E-state index contributed by atoms with van der Waals surface area (Å²) in [6.07, 6.45) is -1.58. The summed E-state index contributed by atoms with van der Waals surface area (Å²) in [7, 11) is 0. The second kappa shape index (κ2) is 3.27. The summed E-state index contributed by atoms with van der Waals surface area (Å²) in [6, 6.07) is 2.51. The molecule has 2 nitrogen and oxygen atoms in total. The van der Waals surface area contributed by atoms with Crippen molar-refractivity contribution in [3.8, 4) is 0 Å². The molecule has 0 radical (unpaired) electrons. The molecule has 2 aromatic rings. The smallest absolute Gasteiger partial charge is 0.283 e. The molecule has 0 aliphatic rings. The van der Waals surface area contributed by atoms with E-state index in [4.69, 9.17) is 0 Å². The molecule has 0 saturated carbocycles. The highest BCUT2D eigenvalue weighted by Crippen LogP contribution is 2.27. The third-order valence-corrected chi connectivity index (χ3v) is 2.54. The molecule has 14 heavy (non-hydrogen) atoms. The first-order valence-electron chi connectivity index (χ1n) is 3.71. The van der Waals surface area contributed by atoms with Crippen molar-refractivity contribution in [1.82, 2.24) is 9.38 Å². The summed E-state index contributed by atoms with van der Waals surface area (Å²) in [5, 5.41) is 0. The van der Waals surface area contributed by atoms with E-state index in [0.29, 0.717) is 0 Å². The molecule has 2 rings (SSSR count). The molecular formula is C8H4BrF3N2. The number of hydrogen-bond acceptors (Lipinski definition) is 1. The normalized spacial score (nSPS) is 11.5. The van der Waals surface area contributed by atoms with Crippen molar-refractivity contribution in [1.29, 1.82) is 0 Å². The SMILES string of the molecule is Fc1ccc2nc(C(F)F)c(Br)n2c1. The Hall–Kier alpha value is -1.04. The van der Waals surface area contributed by atoms with Crippen molar-refractivity contribution in [3.05, 3.63) is 34.4 Å². The van der Waals surface area contributed by atoms with E-state index < -0.39 is 12.2 Å². The number of alkyl halides is 2. The van der Waals surface area contributed by atoms with Gasteiger partial charge in [-0.25, -0.2) is 18.2 Å². The van der Waals surface area contributed by atoms with Crippen LogP contribution in [0.15, 0.2) is 22.9 Å². The molecule has 0 bridgehead atoms. The van der Waals surface area contributed by atoms with Crippen molar-refractivity contribution >= 4 is 21.6 Å². The lowest BCUT2D eigenvalue weighted by atomic mass is 10.5. The van der Waals surface area contributed by atoms with Crippen LogP contribution >= 0.6 is 15.9 Å². The first-order chi connectivity index (χ1) is 6.59. The van der Waals surface area contributed by atoms with Crippen LogP contribution < -0.4 is 0 Å². The van der Waals surface area contributed by atoms with Crippen molar-refractivity contribution in [2.45, 2.75) is 6.43 Å². The Labute approximate surface area is 85.5 Å². The maximum Gasteiger partial charge on any atom is 0.283 e. The highest BCUT2D eigenvalue weighted by Gasteiger charge is 2.18. The van der Waals surface area contributed by atoms with Gasteiger partial charge in [0.15, 0.2) is 0 Å². The van der Waals surface area contributed by atoms with Crippen molar-refractivity contribution in [2.24, 2.45) is 0 Å². The third kappa shape index (κ3) is 1.39. The van der Waals surface area contributed by atoms with Gasteiger partial charge in [0.2, 0.25) is 0 Å². The van der Waals surface area contributed by atoms with E-state index >= 15 is 0 Å². The van der Waals surface area contributed by atoms with Gasteiger partial charge in [0.1, 0.15) is 21.8 Å². The second-order valence-corrected chi connectivity index (χ2v) is 3.42. The minimum atomic E-state index is -2.67. The molecule has 2 heterocycles. The minimum absolute atomic E-state index is 0.0852. The monoisotopic (exact) mass is 264 g/mol. The van der Waals surface area contributed by atoms with Crippen LogP contribution in [0.3, 0.4) is 0 Å². The van der Waals surface area contributed by atoms with Gasteiger partial charge >= 0.3 is 0 Å². The topological polar surface area (TPSA) is 17.3 Å². The van der Waals surface area contributed by atoms with Crippen LogP contribution in [0.5, 0.6) is 0 Å².